The maximum atomic E-state index is 12.0. The number of ether oxygens (including phenoxy) is 1. The van der Waals surface area contributed by atoms with Crippen LogP contribution in [-0.2, 0) is 19.6 Å². The summed E-state index contributed by atoms with van der Waals surface area (Å²) in [6.45, 7) is 3.08. The van der Waals surface area contributed by atoms with Gasteiger partial charge in [0, 0.05) is 38.1 Å². The minimum Gasteiger partial charge on any atom is -0.381 e. The molecule has 0 aliphatic carbocycles. The van der Waals surface area contributed by atoms with Crippen LogP contribution in [0.15, 0.2) is 0 Å². The third kappa shape index (κ3) is 4.15. The van der Waals surface area contributed by atoms with Gasteiger partial charge in [0.15, 0.2) is 0 Å². The van der Waals surface area contributed by atoms with Crippen molar-refractivity contribution in [3.05, 3.63) is 0 Å². The van der Waals surface area contributed by atoms with E-state index < -0.39 is 10.0 Å². The Morgan fingerprint density at radius 1 is 1.32 bits per heavy atom. The molecule has 0 radical (unpaired) electrons. The minimum absolute atomic E-state index is 0.0553. The molecule has 2 aliphatic rings. The summed E-state index contributed by atoms with van der Waals surface area (Å²) in [6, 6.07) is 0. The van der Waals surface area contributed by atoms with Crippen molar-refractivity contribution in [1.82, 2.24) is 9.62 Å². The van der Waals surface area contributed by atoms with Crippen LogP contribution in [0.2, 0.25) is 0 Å². The van der Waals surface area contributed by atoms with E-state index in [1.807, 2.05) is 0 Å². The first kappa shape index (κ1) is 14.7. The van der Waals surface area contributed by atoms with Crippen LogP contribution in [0.3, 0.4) is 0 Å². The van der Waals surface area contributed by atoms with E-state index in [4.69, 9.17) is 4.74 Å². The summed E-state index contributed by atoms with van der Waals surface area (Å²) >= 11 is 0. The standard InChI is InChI=1S/C12H22N2O4S/c1-19(16,17)14-5-2-11(3-6-14)12(15)13-8-10-4-7-18-9-10/h10-11H,2-9H2,1H3,(H,13,15). The predicted molar refractivity (Wildman–Crippen MR) is 71.1 cm³/mol. The topological polar surface area (TPSA) is 75.7 Å². The summed E-state index contributed by atoms with van der Waals surface area (Å²) in [5.41, 5.74) is 0. The van der Waals surface area contributed by atoms with Crippen LogP contribution in [0.1, 0.15) is 19.3 Å². The van der Waals surface area contributed by atoms with E-state index in [0.717, 1.165) is 19.6 Å². The molecule has 110 valence electrons. The van der Waals surface area contributed by atoms with Gasteiger partial charge in [-0.25, -0.2) is 12.7 Å². The van der Waals surface area contributed by atoms with Gasteiger partial charge >= 0.3 is 0 Å². The molecule has 1 atom stereocenters. The zero-order valence-corrected chi connectivity index (χ0v) is 12.1. The quantitative estimate of drug-likeness (QED) is 0.779. The molecule has 1 amide bonds. The average Bonchev–Trinajstić information content (AvgIpc) is 2.88. The second-order valence-corrected chi connectivity index (χ2v) is 7.39. The fourth-order valence-corrected chi connectivity index (χ4v) is 3.46. The van der Waals surface area contributed by atoms with E-state index >= 15 is 0 Å². The third-order valence-corrected chi connectivity index (χ3v) is 5.19. The molecule has 19 heavy (non-hydrogen) atoms. The van der Waals surface area contributed by atoms with Crippen LogP contribution in [0.5, 0.6) is 0 Å². The Balaban J connectivity index is 1.73. The Morgan fingerprint density at radius 3 is 2.53 bits per heavy atom. The van der Waals surface area contributed by atoms with Gasteiger partial charge in [-0.15, -0.1) is 0 Å². The highest BCUT2D eigenvalue weighted by Gasteiger charge is 2.29. The molecule has 0 spiro atoms. The van der Waals surface area contributed by atoms with Crippen molar-refractivity contribution < 1.29 is 17.9 Å². The van der Waals surface area contributed by atoms with E-state index in [-0.39, 0.29) is 11.8 Å². The molecule has 0 saturated carbocycles. The molecule has 7 heteroatoms. The second-order valence-electron chi connectivity index (χ2n) is 5.41. The normalized spacial score (nSPS) is 26.5. The van der Waals surface area contributed by atoms with Crippen LogP contribution in [0.4, 0.5) is 0 Å². The highest BCUT2D eigenvalue weighted by Crippen LogP contribution is 2.19. The van der Waals surface area contributed by atoms with Gasteiger partial charge in [0.25, 0.3) is 0 Å². The number of piperidine rings is 1. The summed E-state index contributed by atoms with van der Waals surface area (Å²) in [5.74, 6) is 0.431. The number of rotatable bonds is 4. The van der Waals surface area contributed by atoms with Crippen LogP contribution >= 0.6 is 0 Å². The molecular weight excluding hydrogens is 268 g/mol. The predicted octanol–water partition coefficient (Wildman–Crippen LogP) is -0.189. The zero-order valence-electron chi connectivity index (χ0n) is 11.3. The van der Waals surface area contributed by atoms with E-state index in [2.05, 4.69) is 5.32 Å². The SMILES string of the molecule is CS(=O)(=O)N1CCC(C(=O)NCC2CCOC2)CC1. The van der Waals surface area contributed by atoms with Crippen LogP contribution in [0, 0.1) is 11.8 Å². The summed E-state index contributed by atoms with van der Waals surface area (Å²) in [7, 11) is -3.12. The summed E-state index contributed by atoms with van der Waals surface area (Å²) in [5, 5.41) is 2.96. The number of hydrogen-bond acceptors (Lipinski definition) is 4. The number of carbonyl (C=O) groups is 1. The summed E-state index contributed by atoms with van der Waals surface area (Å²) in [6.07, 6.45) is 3.44. The Bertz CT molecular complexity index is 409. The molecule has 6 nitrogen and oxygen atoms in total. The maximum absolute atomic E-state index is 12.0. The number of hydrogen-bond donors (Lipinski definition) is 1. The number of carbonyl (C=O) groups excluding carboxylic acids is 1. The van der Waals surface area contributed by atoms with Gasteiger partial charge in [-0.3, -0.25) is 4.79 Å². The third-order valence-electron chi connectivity index (χ3n) is 3.88. The fraction of sp³-hybridized carbons (Fsp3) is 0.917. The first-order chi connectivity index (χ1) is 8.97. The number of nitrogens with zero attached hydrogens (tertiary/aromatic N) is 1. The van der Waals surface area contributed by atoms with Gasteiger partial charge in [-0.1, -0.05) is 0 Å². The van der Waals surface area contributed by atoms with Crippen molar-refractivity contribution in [3.8, 4) is 0 Å². The van der Waals surface area contributed by atoms with Gasteiger partial charge in [0.2, 0.25) is 15.9 Å². The van der Waals surface area contributed by atoms with Crippen molar-refractivity contribution in [3.63, 3.8) is 0 Å². The minimum atomic E-state index is -3.12. The fourth-order valence-electron chi connectivity index (χ4n) is 2.58. The van der Waals surface area contributed by atoms with Gasteiger partial charge < -0.3 is 10.1 Å². The number of amides is 1. The summed E-state index contributed by atoms with van der Waals surface area (Å²) in [4.78, 5) is 12.0. The van der Waals surface area contributed by atoms with Crippen molar-refractivity contribution in [2.45, 2.75) is 19.3 Å². The molecule has 0 aromatic rings. The second kappa shape index (κ2) is 6.19. The van der Waals surface area contributed by atoms with Crippen molar-refractivity contribution in [2.75, 3.05) is 39.1 Å². The molecular formula is C12H22N2O4S. The molecule has 0 aromatic carbocycles. The monoisotopic (exact) mass is 290 g/mol. The largest absolute Gasteiger partial charge is 0.381 e. The first-order valence-corrected chi connectivity index (χ1v) is 8.62. The van der Waals surface area contributed by atoms with E-state index in [1.54, 1.807) is 0 Å². The van der Waals surface area contributed by atoms with Gasteiger partial charge in [-0.05, 0) is 19.3 Å². The lowest BCUT2D eigenvalue weighted by molar-refractivity contribution is -0.126. The van der Waals surface area contributed by atoms with Crippen molar-refractivity contribution >= 4 is 15.9 Å². The first-order valence-electron chi connectivity index (χ1n) is 6.77. The van der Waals surface area contributed by atoms with Crippen LogP contribution in [0.25, 0.3) is 0 Å². The van der Waals surface area contributed by atoms with E-state index in [9.17, 15) is 13.2 Å². The number of nitrogens with one attached hydrogen (secondary N) is 1. The molecule has 0 aromatic heterocycles. The van der Waals surface area contributed by atoms with Crippen LogP contribution < -0.4 is 5.32 Å². The van der Waals surface area contributed by atoms with Crippen molar-refractivity contribution in [1.29, 1.82) is 0 Å². The van der Waals surface area contributed by atoms with Crippen molar-refractivity contribution in [2.24, 2.45) is 11.8 Å². The summed E-state index contributed by atoms with van der Waals surface area (Å²) < 4.78 is 29.5. The lowest BCUT2D eigenvalue weighted by Gasteiger charge is -2.29. The molecule has 2 aliphatic heterocycles. The zero-order chi connectivity index (χ0) is 13.9. The molecule has 2 rings (SSSR count). The van der Waals surface area contributed by atoms with Crippen LogP contribution in [-0.4, -0.2) is 57.7 Å². The molecule has 2 saturated heterocycles. The Hall–Kier alpha value is -0.660. The maximum Gasteiger partial charge on any atom is 0.223 e. The average molecular weight is 290 g/mol. The lowest BCUT2D eigenvalue weighted by Crippen LogP contribution is -2.43. The molecule has 2 heterocycles. The number of sulfonamides is 1. The Morgan fingerprint density at radius 2 is 2.00 bits per heavy atom. The van der Waals surface area contributed by atoms with Gasteiger partial charge in [-0.2, -0.15) is 0 Å². The molecule has 1 unspecified atom stereocenters. The van der Waals surface area contributed by atoms with E-state index in [1.165, 1.54) is 10.6 Å². The van der Waals surface area contributed by atoms with E-state index in [0.29, 0.717) is 38.4 Å². The highest BCUT2D eigenvalue weighted by atomic mass is 32.2. The Kier molecular flexibility index (Phi) is 4.81. The Labute approximate surface area is 114 Å². The molecule has 0 bridgehead atoms. The smallest absolute Gasteiger partial charge is 0.223 e. The van der Waals surface area contributed by atoms with Gasteiger partial charge in [0.1, 0.15) is 0 Å². The highest BCUT2D eigenvalue weighted by molar-refractivity contribution is 7.88. The molecule has 2 fully saturated rings. The molecule has 1 N–H and O–H groups in total. The lowest BCUT2D eigenvalue weighted by atomic mass is 9.97. The van der Waals surface area contributed by atoms with Gasteiger partial charge in [0.05, 0.1) is 12.9 Å².